The maximum Gasteiger partial charge on any atom is 0.343 e. The molecule has 4 rings (SSSR count). The van der Waals surface area contributed by atoms with Crippen LogP contribution in [0.5, 0.6) is 5.75 Å². The van der Waals surface area contributed by atoms with Gasteiger partial charge in [-0.1, -0.05) is 43.3 Å². The molecular formula is C23H24O3S. The Bertz CT molecular complexity index is 940. The van der Waals surface area contributed by atoms with Crippen molar-refractivity contribution in [3.8, 4) is 5.75 Å². The molecule has 0 radical (unpaired) electrons. The molecule has 0 aliphatic heterocycles. The van der Waals surface area contributed by atoms with Crippen LogP contribution < -0.4 is 5.63 Å². The molecule has 140 valence electrons. The van der Waals surface area contributed by atoms with Gasteiger partial charge in [-0.25, -0.2) is 4.79 Å². The molecule has 0 spiro atoms. The minimum absolute atomic E-state index is 0.0514. The van der Waals surface area contributed by atoms with Crippen molar-refractivity contribution in [1.29, 1.82) is 0 Å². The van der Waals surface area contributed by atoms with E-state index in [1.165, 1.54) is 5.56 Å². The Kier molecular flexibility index (Phi) is 5.17. The first-order valence-electron chi connectivity index (χ1n) is 9.61. The second kappa shape index (κ2) is 7.73. The van der Waals surface area contributed by atoms with Crippen LogP contribution in [0.25, 0.3) is 0 Å². The molecule has 3 aromatic rings. The third-order valence-corrected chi connectivity index (χ3v) is 6.42. The molecule has 2 heterocycles. The summed E-state index contributed by atoms with van der Waals surface area (Å²) in [6.45, 7) is 2.08. The van der Waals surface area contributed by atoms with Crippen LogP contribution in [-0.4, -0.2) is 5.11 Å². The van der Waals surface area contributed by atoms with Gasteiger partial charge in [0.15, 0.2) is 0 Å². The highest BCUT2D eigenvalue weighted by atomic mass is 32.1. The van der Waals surface area contributed by atoms with Gasteiger partial charge in [-0.05, 0) is 48.6 Å². The third kappa shape index (κ3) is 3.86. The van der Waals surface area contributed by atoms with Gasteiger partial charge >= 0.3 is 5.63 Å². The van der Waals surface area contributed by atoms with Crippen LogP contribution in [0.1, 0.15) is 59.8 Å². The van der Waals surface area contributed by atoms with Gasteiger partial charge in [0.25, 0.3) is 0 Å². The monoisotopic (exact) mass is 380 g/mol. The van der Waals surface area contributed by atoms with Crippen LogP contribution in [-0.2, 0) is 6.42 Å². The summed E-state index contributed by atoms with van der Waals surface area (Å²) in [5.41, 5.74) is 1.24. The molecular weight excluding hydrogens is 356 g/mol. The molecule has 27 heavy (non-hydrogen) atoms. The first-order chi connectivity index (χ1) is 13.2. The second-order valence-corrected chi connectivity index (χ2v) is 8.34. The van der Waals surface area contributed by atoms with Crippen molar-refractivity contribution in [3.05, 3.63) is 86.1 Å². The topological polar surface area (TPSA) is 50.4 Å². The highest BCUT2D eigenvalue weighted by Gasteiger charge is 2.38. The predicted molar refractivity (Wildman–Crippen MR) is 109 cm³/mol. The minimum atomic E-state index is -0.387. The number of hydrogen-bond acceptors (Lipinski definition) is 4. The van der Waals surface area contributed by atoms with E-state index >= 15 is 0 Å². The summed E-state index contributed by atoms with van der Waals surface area (Å²) in [5, 5.41) is 12.8. The molecule has 3 nitrogen and oxygen atoms in total. The fourth-order valence-electron chi connectivity index (χ4n) is 3.85. The van der Waals surface area contributed by atoms with Crippen LogP contribution in [0.2, 0.25) is 0 Å². The van der Waals surface area contributed by atoms with E-state index in [0.717, 1.165) is 30.6 Å². The van der Waals surface area contributed by atoms with Gasteiger partial charge in [0.05, 0.1) is 5.56 Å². The Hall–Kier alpha value is -2.33. The Balaban J connectivity index is 1.68. The van der Waals surface area contributed by atoms with Gasteiger partial charge in [0, 0.05) is 22.8 Å². The van der Waals surface area contributed by atoms with Crippen molar-refractivity contribution < 1.29 is 9.52 Å². The Morgan fingerprint density at radius 2 is 1.96 bits per heavy atom. The zero-order valence-electron chi connectivity index (χ0n) is 15.4. The van der Waals surface area contributed by atoms with Crippen molar-refractivity contribution in [2.75, 3.05) is 0 Å². The number of hydrogen-bond donors (Lipinski definition) is 1. The van der Waals surface area contributed by atoms with Gasteiger partial charge in [-0.2, -0.15) is 0 Å². The lowest BCUT2D eigenvalue weighted by Gasteiger charge is -2.18. The van der Waals surface area contributed by atoms with E-state index in [4.69, 9.17) is 4.42 Å². The molecule has 4 heteroatoms. The largest absolute Gasteiger partial charge is 0.507 e. The van der Waals surface area contributed by atoms with Gasteiger partial charge in [0.1, 0.15) is 11.5 Å². The highest BCUT2D eigenvalue weighted by Crippen LogP contribution is 2.48. The Morgan fingerprint density at radius 3 is 2.56 bits per heavy atom. The van der Waals surface area contributed by atoms with E-state index in [1.807, 2.05) is 35.7 Å². The van der Waals surface area contributed by atoms with Gasteiger partial charge in [-0.15, -0.1) is 11.3 Å². The van der Waals surface area contributed by atoms with Crippen molar-refractivity contribution in [1.82, 2.24) is 0 Å². The van der Waals surface area contributed by atoms with Crippen molar-refractivity contribution in [2.45, 2.75) is 44.4 Å². The fraction of sp³-hybridized carbons (Fsp3) is 0.348. The average Bonchev–Trinajstić information content (AvgIpc) is 3.36. The SMILES string of the molecule is CCC(Cc1ccccc1)c1cc(O)c(C(c2cccs2)C2CC2)c(=O)o1. The molecule has 1 aliphatic carbocycles. The van der Waals surface area contributed by atoms with Gasteiger partial charge < -0.3 is 9.52 Å². The maximum absolute atomic E-state index is 12.9. The molecule has 1 fully saturated rings. The first-order valence-corrected chi connectivity index (χ1v) is 10.5. The van der Waals surface area contributed by atoms with Crippen LogP contribution >= 0.6 is 11.3 Å². The minimum Gasteiger partial charge on any atom is -0.507 e. The first kappa shape index (κ1) is 18.1. The lowest BCUT2D eigenvalue weighted by molar-refractivity contribution is 0.380. The summed E-state index contributed by atoms with van der Waals surface area (Å²) in [6, 6.07) is 15.9. The van der Waals surface area contributed by atoms with E-state index in [1.54, 1.807) is 17.4 Å². The normalized spacial score (nSPS) is 16.2. The van der Waals surface area contributed by atoms with Crippen molar-refractivity contribution >= 4 is 11.3 Å². The third-order valence-electron chi connectivity index (χ3n) is 5.46. The van der Waals surface area contributed by atoms with Crippen molar-refractivity contribution in [2.24, 2.45) is 5.92 Å². The number of aromatic hydroxyl groups is 1. The fourth-order valence-corrected chi connectivity index (χ4v) is 4.78. The summed E-state index contributed by atoms with van der Waals surface area (Å²) in [7, 11) is 0. The van der Waals surface area contributed by atoms with Gasteiger partial charge in [-0.3, -0.25) is 0 Å². The molecule has 2 aromatic heterocycles. The number of benzene rings is 1. The summed E-state index contributed by atoms with van der Waals surface area (Å²) < 4.78 is 5.76. The lowest BCUT2D eigenvalue weighted by Crippen LogP contribution is -2.17. The van der Waals surface area contributed by atoms with E-state index in [-0.39, 0.29) is 23.2 Å². The van der Waals surface area contributed by atoms with Crippen LogP contribution in [0.15, 0.2) is 63.1 Å². The average molecular weight is 381 g/mol. The molecule has 0 amide bonds. The molecule has 1 saturated carbocycles. The van der Waals surface area contributed by atoms with Gasteiger partial charge in [0.2, 0.25) is 0 Å². The molecule has 0 saturated heterocycles. The smallest absolute Gasteiger partial charge is 0.343 e. The summed E-state index contributed by atoms with van der Waals surface area (Å²) in [4.78, 5) is 14.0. The molecule has 1 aliphatic rings. The maximum atomic E-state index is 12.9. The van der Waals surface area contributed by atoms with Crippen molar-refractivity contribution in [3.63, 3.8) is 0 Å². The zero-order valence-corrected chi connectivity index (χ0v) is 16.2. The molecule has 0 bridgehead atoms. The van der Waals surface area contributed by atoms with Crippen LogP contribution in [0, 0.1) is 5.92 Å². The Labute approximate surface area is 163 Å². The van der Waals surface area contributed by atoms with Crippen LogP contribution in [0.4, 0.5) is 0 Å². The van der Waals surface area contributed by atoms with Crippen LogP contribution in [0.3, 0.4) is 0 Å². The Morgan fingerprint density at radius 1 is 1.19 bits per heavy atom. The molecule has 2 unspecified atom stereocenters. The summed E-state index contributed by atoms with van der Waals surface area (Å²) >= 11 is 1.64. The summed E-state index contributed by atoms with van der Waals surface area (Å²) in [6.07, 6.45) is 3.81. The standard InChI is InChI=1S/C23H24O3S/c1-2-16(13-15-7-4-3-5-8-15)19-14-18(24)22(23(25)26-19)21(17-10-11-17)20-9-6-12-27-20/h3-9,12,14,16-17,21,24H,2,10-11,13H2,1H3. The predicted octanol–water partition coefficient (Wildman–Crippen LogP) is 5.69. The number of rotatable bonds is 7. The number of thiophene rings is 1. The molecule has 1 aromatic carbocycles. The van der Waals surface area contributed by atoms with E-state index in [0.29, 0.717) is 17.2 Å². The van der Waals surface area contributed by atoms with E-state index < -0.39 is 0 Å². The van der Waals surface area contributed by atoms with E-state index in [2.05, 4.69) is 19.1 Å². The molecule has 1 N–H and O–H groups in total. The second-order valence-electron chi connectivity index (χ2n) is 7.36. The summed E-state index contributed by atoms with van der Waals surface area (Å²) in [5.74, 6) is 1.10. The highest BCUT2D eigenvalue weighted by molar-refractivity contribution is 7.10. The molecule has 2 atom stereocenters. The van der Waals surface area contributed by atoms with E-state index in [9.17, 15) is 9.90 Å². The lowest BCUT2D eigenvalue weighted by atomic mass is 9.90. The zero-order chi connectivity index (χ0) is 18.8. The quantitative estimate of drug-likeness (QED) is 0.573.